The molecule has 234 valence electrons. The van der Waals surface area contributed by atoms with E-state index in [0.717, 1.165) is 74.5 Å². The van der Waals surface area contributed by atoms with Crippen molar-refractivity contribution in [2.24, 2.45) is 11.3 Å². The van der Waals surface area contributed by atoms with E-state index in [0.29, 0.717) is 47.2 Å². The van der Waals surface area contributed by atoms with Gasteiger partial charge in [0.15, 0.2) is 17.2 Å². The number of nitrogen functional groups attached to an aromatic ring is 1. The van der Waals surface area contributed by atoms with Gasteiger partial charge in [0.2, 0.25) is 0 Å². The highest BCUT2D eigenvalue weighted by atomic mass is 16.6. The smallest absolute Gasteiger partial charge is 0.410 e. The Morgan fingerprint density at radius 1 is 1.02 bits per heavy atom. The summed E-state index contributed by atoms with van der Waals surface area (Å²) in [7, 11) is 0. The predicted molar refractivity (Wildman–Crippen MR) is 163 cm³/mol. The van der Waals surface area contributed by atoms with Crippen LogP contribution in [0, 0.1) is 11.3 Å². The molecule has 1 aliphatic heterocycles. The second-order valence-corrected chi connectivity index (χ2v) is 13.7. The number of carbonyl (C=O) groups excluding carboxylic acids is 2. The zero-order chi connectivity index (χ0) is 30.9. The van der Waals surface area contributed by atoms with Gasteiger partial charge in [0, 0.05) is 43.4 Å². The molecule has 0 unspecified atom stereocenters. The zero-order valence-corrected chi connectivity index (χ0v) is 25.6. The van der Waals surface area contributed by atoms with Crippen LogP contribution in [0.4, 0.5) is 10.6 Å². The van der Waals surface area contributed by atoms with Gasteiger partial charge in [-0.1, -0.05) is 5.16 Å². The molecule has 13 heteroatoms. The average molecular weight is 612 g/mol. The quantitative estimate of drug-likeness (QED) is 0.278. The lowest BCUT2D eigenvalue weighted by Crippen LogP contribution is -2.53. The fraction of sp³-hybridized carbons (Fsp3) is 0.562. The van der Waals surface area contributed by atoms with E-state index in [1.54, 1.807) is 0 Å². The number of carbonyl (C=O) groups is 2. The van der Waals surface area contributed by atoms with Crippen molar-refractivity contribution < 1.29 is 18.8 Å². The number of likely N-dealkylation sites (tertiary alicyclic amines) is 1. The largest absolute Gasteiger partial charge is 0.446 e. The van der Waals surface area contributed by atoms with E-state index >= 15 is 0 Å². The topological polar surface area (TPSA) is 168 Å². The number of aldehydes is 1. The van der Waals surface area contributed by atoms with Crippen LogP contribution in [-0.2, 0) is 9.53 Å². The Kier molecular flexibility index (Phi) is 6.61. The molecule has 4 fully saturated rings. The maximum atomic E-state index is 12.8. The molecule has 4 aromatic heterocycles. The molecule has 45 heavy (non-hydrogen) atoms. The van der Waals surface area contributed by atoms with Crippen LogP contribution in [-0.4, -0.2) is 71.3 Å². The van der Waals surface area contributed by atoms with Crippen LogP contribution in [0.2, 0.25) is 0 Å². The minimum atomic E-state index is -0.225. The predicted octanol–water partition coefficient (Wildman–Crippen LogP) is 5.05. The highest BCUT2D eigenvalue weighted by Gasteiger charge is 2.54. The number of hydrogen-bond acceptors (Lipinski definition) is 11. The summed E-state index contributed by atoms with van der Waals surface area (Å²) >= 11 is 0. The highest BCUT2D eigenvalue weighted by molar-refractivity contribution is 6.00. The maximum absolute atomic E-state index is 12.8. The minimum Gasteiger partial charge on any atom is -0.446 e. The molecule has 13 nitrogen and oxygen atoms in total. The molecule has 1 amide bonds. The third-order valence-electron chi connectivity index (χ3n) is 10.2. The lowest BCUT2D eigenvalue weighted by atomic mass is 9.51. The van der Waals surface area contributed by atoms with E-state index in [1.165, 1.54) is 6.33 Å². The third kappa shape index (κ3) is 4.83. The lowest BCUT2D eigenvalue weighted by Gasteiger charge is -2.55. The Balaban J connectivity index is 0.975. The standard InChI is InChI=1S/C32H37N9O4/c1-17(2)41-30-24(28(33)36-16-37-30)25(38-41)26-23(27(45-39-26)20-3-4-20)29-34-13-21(14-35-29)19-5-7-40(8-6-19)31(43)44-22-11-32(12-22)9-18(10-32)15-42/h13-20,22H,3-12H2,1-2H3,(H2,33,36,37). The second kappa shape index (κ2) is 10.6. The minimum absolute atomic E-state index is 0.0207. The Morgan fingerprint density at radius 3 is 2.42 bits per heavy atom. The summed E-state index contributed by atoms with van der Waals surface area (Å²) in [5.41, 5.74) is 10.1. The van der Waals surface area contributed by atoms with Crippen molar-refractivity contribution >= 4 is 29.2 Å². The van der Waals surface area contributed by atoms with Gasteiger partial charge in [0.05, 0.1) is 10.9 Å². The number of rotatable bonds is 7. The molecule has 4 aromatic rings. The number of hydrogen-bond donors (Lipinski definition) is 1. The van der Waals surface area contributed by atoms with Gasteiger partial charge in [-0.05, 0) is 82.1 Å². The summed E-state index contributed by atoms with van der Waals surface area (Å²) in [6.07, 6.45) is 13.4. The number of nitrogens with two attached hydrogens (primary N) is 1. The number of aromatic nitrogens is 7. The zero-order valence-electron chi connectivity index (χ0n) is 25.6. The van der Waals surface area contributed by atoms with E-state index in [9.17, 15) is 9.59 Å². The highest BCUT2D eigenvalue weighted by Crippen LogP contribution is 2.59. The first-order valence-electron chi connectivity index (χ1n) is 16.0. The SMILES string of the molecule is CC(C)n1nc(-c2noc(C3CC3)c2-c2ncc(C3CCN(C(=O)OC4CC5(CC(C=O)C5)C4)CC3)cn2)c2c(N)ncnc21. The first-order chi connectivity index (χ1) is 21.8. The molecule has 1 saturated heterocycles. The van der Waals surface area contributed by atoms with Gasteiger partial charge in [-0.3, -0.25) is 0 Å². The monoisotopic (exact) mass is 611 g/mol. The van der Waals surface area contributed by atoms with Crippen molar-refractivity contribution in [1.29, 1.82) is 0 Å². The molecule has 5 heterocycles. The fourth-order valence-corrected chi connectivity index (χ4v) is 7.59. The number of nitrogens with zero attached hydrogens (tertiary/aromatic N) is 8. The Morgan fingerprint density at radius 2 is 1.76 bits per heavy atom. The summed E-state index contributed by atoms with van der Waals surface area (Å²) in [6, 6.07) is 0.0487. The molecular formula is C32H37N9O4. The normalized spacial score (nSPS) is 25.0. The number of fused-ring (bicyclic) bond motifs is 1. The summed E-state index contributed by atoms with van der Waals surface area (Å²) in [5, 5.41) is 9.97. The van der Waals surface area contributed by atoms with Crippen LogP contribution < -0.4 is 5.73 Å². The molecule has 0 atom stereocenters. The van der Waals surface area contributed by atoms with Crippen LogP contribution >= 0.6 is 0 Å². The van der Waals surface area contributed by atoms with Crippen LogP contribution in [0.3, 0.4) is 0 Å². The maximum Gasteiger partial charge on any atom is 0.410 e. The van der Waals surface area contributed by atoms with Crippen molar-refractivity contribution in [2.45, 2.75) is 89.2 Å². The molecule has 8 rings (SSSR count). The number of anilines is 1. The van der Waals surface area contributed by atoms with Gasteiger partial charge in [-0.15, -0.1) is 0 Å². The molecular weight excluding hydrogens is 574 g/mol. The van der Waals surface area contributed by atoms with Gasteiger partial charge < -0.3 is 24.7 Å². The van der Waals surface area contributed by atoms with Gasteiger partial charge in [0.25, 0.3) is 0 Å². The lowest BCUT2D eigenvalue weighted by molar-refractivity contribution is -0.137. The van der Waals surface area contributed by atoms with Crippen molar-refractivity contribution in [3.8, 4) is 22.8 Å². The van der Waals surface area contributed by atoms with Gasteiger partial charge in [-0.25, -0.2) is 29.4 Å². The summed E-state index contributed by atoms with van der Waals surface area (Å²) in [4.78, 5) is 43.9. The van der Waals surface area contributed by atoms with Crippen LogP contribution in [0.15, 0.2) is 23.2 Å². The Bertz CT molecular complexity index is 1750. The second-order valence-electron chi connectivity index (χ2n) is 13.7. The Hall–Kier alpha value is -4.42. The number of piperidine rings is 1. The molecule has 1 spiro atoms. The molecule has 0 radical (unpaired) electrons. The van der Waals surface area contributed by atoms with E-state index in [4.69, 9.17) is 30.1 Å². The first kappa shape index (κ1) is 28.1. The summed E-state index contributed by atoms with van der Waals surface area (Å²) in [5.74, 6) is 2.35. The van der Waals surface area contributed by atoms with E-state index < -0.39 is 0 Å². The van der Waals surface area contributed by atoms with Gasteiger partial charge in [0.1, 0.15) is 35.9 Å². The van der Waals surface area contributed by atoms with Crippen LogP contribution in [0.1, 0.15) is 94.4 Å². The molecule has 4 aliphatic rings. The molecule has 0 bridgehead atoms. The van der Waals surface area contributed by atoms with Crippen molar-refractivity contribution in [3.63, 3.8) is 0 Å². The third-order valence-corrected chi connectivity index (χ3v) is 10.2. The van der Waals surface area contributed by atoms with Crippen LogP contribution in [0.5, 0.6) is 0 Å². The van der Waals surface area contributed by atoms with E-state index in [1.807, 2.05) is 35.8 Å². The van der Waals surface area contributed by atoms with Crippen molar-refractivity contribution in [2.75, 3.05) is 18.8 Å². The first-order valence-corrected chi connectivity index (χ1v) is 16.0. The molecule has 3 aliphatic carbocycles. The van der Waals surface area contributed by atoms with Gasteiger partial charge >= 0.3 is 6.09 Å². The molecule has 2 N–H and O–H groups in total. The summed E-state index contributed by atoms with van der Waals surface area (Å²) < 4.78 is 13.5. The van der Waals surface area contributed by atoms with E-state index in [2.05, 4.69) is 15.1 Å². The fourth-order valence-electron chi connectivity index (χ4n) is 7.59. The summed E-state index contributed by atoms with van der Waals surface area (Å²) in [6.45, 7) is 5.33. The van der Waals surface area contributed by atoms with E-state index in [-0.39, 0.29) is 41.4 Å². The Labute approximate surface area is 259 Å². The number of ether oxygens (including phenoxy) is 1. The van der Waals surface area contributed by atoms with Gasteiger partial charge in [-0.2, -0.15) is 5.10 Å². The number of amides is 1. The molecule has 3 saturated carbocycles. The van der Waals surface area contributed by atoms with Crippen molar-refractivity contribution in [3.05, 3.63) is 30.0 Å². The van der Waals surface area contributed by atoms with Crippen LogP contribution in [0.25, 0.3) is 33.8 Å². The van der Waals surface area contributed by atoms with Crippen molar-refractivity contribution in [1.82, 2.24) is 39.8 Å². The molecule has 0 aromatic carbocycles. The average Bonchev–Trinajstić information content (AvgIpc) is 3.63.